The number of nitrogens with two attached hydrogens (primary N) is 1. The minimum atomic E-state index is 0.608. The van der Waals surface area contributed by atoms with Gasteiger partial charge in [0.05, 0.1) is 17.4 Å². The molecule has 0 aliphatic heterocycles. The number of anilines is 1. The van der Waals surface area contributed by atoms with Gasteiger partial charge in [0.1, 0.15) is 0 Å². The van der Waals surface area contributed by atoms with Crippen LogP contribution in [0.25, 0.3) is 10.9 Å². The summed E-state index contributed by atoms with van der Waals surface area (Å²) < 4.78 is 0. The number of hydrogen-bond acceptors (Lipinski definition) is 4. The lowest BCUT2D eigenvalue weighted by molar-refractivity contribution is 0.609. The Morgan fingerprint density at radius 1 is 1.21 bits per heavy atom. The van der Waals surface area contributed by atoms with Gasteiger partial charge in [0.15, 0.2) is 0 Å². The summed E-state index contributed by atoms with van der Waals surface area (Å²) in [6.45, 7) is 1.56. The second kappa shape index (κ2) is 5.53. The molecule has 1 fully saturated rings. The van der Waals surface area contributed by atoms with E-state index in [9.17, 15) is 0 Å². The fourth-order valence-electron chi connectivity index (χ4n) is 3.08. The van der Waals surface area contributed by atoms with Gasteiger partial charge < -0.3 is 10.6 Å². The van der Waals surface area contributed by atoms with E-state index in [2.05, 4.69) is 27.2 Å². The Balaban J connectivity index is 2.03. The van der Waals surface area contributed by atoms with Crippen LogP contribution < -0.4 is 10.6 Å². The summed E-state index contributed by atoms with van der Waals surface area (Å²) in [5, 5.41) is 9.54. The molecule has 0 amide bonds. The van der Waals surface area contributed by atoms with Crippen molar-refractivity contribution in [1.29, 1.82) is 0 Å². The van der Waals surface area contributed by atoms with Crippen molar-refractivity contribution in [1.82, 2.24) is 10.2 Å². The van der Waals surface area contributed by atoms with E-state index >= 15 is 0 Å². The van der Waals surface area contributed by atoms with Gasteiger partial charge >= 0.3 is 0 Å². The Kier molecular flexibility index (Phi) is 3.60. The second-order valence-corrected chi connectivity index (χ2v) is 5.17. The molecule has 0 atom stereocenters. The molecular formula is C15H20N4. The molecule has 0 bridgehead atoms. The van der Waals surface area contributed by atoms with Crippen molar-refractivity contribution in [2.45, 2.75) is 31.7 Å². The summed E-state index contributed by atoms with van der Waals surface area (Å²) in [7, 11) is 0. The van der Waals surface area contributed by atoms with Gasteiger partial charge in [0.2, 0.25) is 0 Å². The number of nitrogens with zero attached hydrogens (tertiary/aromatic N) is 3. The highest BCUT2D eigenvalue weighted by Crippen LogP contribution is 2.31. The zero-order valence-electron chi connectivity index (χ0n) is 11.1. The van der Waals surface area contributed by atoms with E-state index < -0.39 is 0 Å². The molecule has 1 aromatic carbocycles. The largest absolute Gasteiger partial charge is 0.365 e. The van der Waals surface area contributed by atoms with Crippen molar-refractivity contribution in [3.05, 3.63) is 30.5 Å². The van der Waals surface area contributed by atoms with Crippen LogP contribution in [0.5, 0.6) is 0 Å². The Labute approximate surface area is 113 Å². The minimum Gasteiger partial charge on any atom is -0.365 e. The van der Waals surface area contributed by atoms with E-state index in [1.807, 2.05) is 18.3 Å². The number of benzene rings is 1. The van der Waals surface area contributed by atoms with Crippen LogP contribution in [0.1, 0.15) is 25.7 Å². The highest BCUT2D eigenvalue weighted by molar-refractivity contribution is 5.90. The van der Waals surface area contributed by atoms with E-state index in [4.69, 9.17) is 5.73 Å². The molecule has 4 heteroatoms. The summed E-state index contributed by atoms with van der Waals surface area (Å²) in [5.74, 6) is 0. The minimum absolute atomic E-state index is 0.608. The van der Waals surface area contributed by atoms with Gasteiger partial charge in [-0.25, -0.2) is 0 Å². The summed E-state index contributed by atoms with van der Waals surface area (Å²) in [4.78, 5) is 2.43. The molecule has 2 N–H and O–H groups in total. The van der Waals surface area contributed by atoms with E-state index in [1.165, 1.54) is 36.8 Å². The predicted octanol–water partition coefficient (Wildman–Crippen LogP) is 2.34. The highest BCUT2D eigenvalue weighted by Gasteiger charge is 2.23. The molecule has 1 saturated carbocycles. The lowest BCUT2D eigenvalue weighted by Crippen LogP contribution is -2.37. The van der Waals surface area contributed by atoms with Crippen LogP contribution in [-0.4, -0.2) is 29.3 Å². The first kappa shape index (κ1) is 12.4. The third kappa shape index (κ3) is 2.40. The van der Waals surface area contributed by atoms with Gasteiger partial charge in [-0.05, 0) is 18.9 Å². The van der Waals surface area contributed by atoms with Gasteiger partial charge in [-0.15, -0.1) is 0 Å². The van der Waals surface area contributed by atoms with E-state index in [1.54, 1.807) is 0 Å². The van der Waals surface area contributed by atoms with Crippen LogP contribution in [0.4, 0.5) is 5.69 Å². The zero-order chi connectivity index (χ0) is 13.1. The van der Waals surface area contributed by atoms with Crippen LogP contribution in [0.3, 0.4) is 0 Å². The Bertz CT molecular complexity index is 543. The normalized spacial score (nSPS) is 16.1. The molecule has 4 nitrogen and oxygen atoms in total. The van der Waals surface area contributed by atoms with Gasteiger partial charge in [-0.1, -0.05) is 31.0 Å². The van der Waals surface area contributed by atoms with Crippen LogP contribution in [0, 0.1) is 0 Å². The lowest BCUT2D eigenvalue weighted by atomic mass is 10.1. The highest BCUT2D eigenvalue weighted by atomic mass is 15.2. The average Bonchev–Trinajstić information content (AvgIpc) is 2.98. The molecular weight excluding hydrogens is 236 g/mol. The van der Waals surface area contributed by atoms with Gasteiger partial charge in [-0.2, -0.15) is 10.2 Å². The third-order valence-electron chi connectivity index (χ3n) is 3.97. The molecule has 100 valence electrons. The molecule has 0 spiro atoms. The van der Waals surface area contributed by atoms with Crippen LogP contribution >= 0.6 is 0 Å². The zero-order valence-corrected chi connectivity index (χ0v) is 11.1. The Hall–Kier alpha value is -1.68. The number of aromatic nitrogens is 2. The molecule has 0 radical (unpaired) electrons. The standard InChI is InChI=1S/C15H20N4/c16-9-10-19(12-5-1-2-6-12)15-11-17-18-14-8-4-3-7-13(14)15/h3-4,7-8,11-12H,1-2,5-6,9-10,16H2. The molecule has 1 aromatic heterocycles. The molecule has 3 rings (SSSR count). The van der Waals surface area contributed by atoms with Crippen molar-refractivity contribution in [3.8, 4) is 0 Å². The van der Waals surface area contributed by atoms with Crippen LogP contribution in [0.15, 0.2) is 30.5 Å². The number of rotatable bonds is 4. The molecule has 0 unspecified atom stereocenters. The summed E-state index contributed by atoms with van der Waals surface area (Å²) >= 11 is 0. The fourth-order valence-corrected chi connectivity index (χ4v) is 3.08. The average molecular weight is 256 g/mol. The summed E-state index contributed by atoms with van der Waals surface area (Å²) in [5.41, 5.74) is 7.94. The van der Waals surface area contributed by atoms with Crippen molar-refractivity contribution < 1.29 is 0 Å². The molecule has 1 aliphatic rings. The maximum Gasteiger partial charge on any atom is 0.0950 e. The maximum absolute atomic E-state index is 5.80. The Morgan fingerprint density at radius 2 is 2.00 bits per heavy atom. The molecule has 1 heterocycles. The summed E-state index contributed by atoms with van der Waals surface area (Å²) in [6, 6.07) is 8.81. The van der Waals surface area contributed by atoms with Gasteiger partial charge in [0, 0.05) is 24.5 Å². The van der Waals surface area contributed by atoms with Crippen molar-refractivity contribution in [2.75, 3.05) is 18.0 Å². The van der Waals surface area contributed by atoms with Crippen molar-refractivity contribution >= 4 is 16.6 Å². The summed E-state index contributed by atoms with van der Waals surface area (Å²) in [6.07, 6.45) is 7.05. The van der Waals surface area contributed by atoms with Crippen LogP contribution in [-0.2, 0) is 0 Å². The quantitative estimate of drug-likeness (QED) is 0.912. The van der Waals surface area contributed by atoms with Crippen molar-refractivity contribution in [2.24, 2.45) is 5.73 Å². The first-order chi connectivity index (χ1) is 9.40. The monoisotopic (exact) mass is 256 g/mol. The van der Waals surface area contributed by atoms with Crippen LogP contribution in [0.2, 0.25) is 0 Å². The number of fused-ring (bicyclic) bond motifs is 1. The van der Waals surface area contributed by atoms with Gasteiger partial charge in [-0.3, -0.25) is 0 Å². The topological polar surface area (TPSA) is 55.0 Å². The first-order valence-corrected chi connectivity index (χ1v) is 7.07. The molecule has 0 saturated heterocycles. The molecule has 1 aliphatic carbocycles. The van der Waals surface area contributed by atoms with Crippen molar-refractivity contribution in [3.63, 3.8) is 0 Å². The van der Waals surface area contributed by atoms with E-state index in [0.717, 1.165) is 12.1 Å². The first-order valence-electron chi connectivity index (χ1n) is 7.07. The molecule has 19 heavy (non-hydrogen) atoms. The smallest absolute Gasteiger partial charge is 0.0950 e. The lowest BCUT2D eigenvalue weighted by Gasteiger charge is -2.31. The third-order valence-corrected chi connectivity index (χ3v) is 3.97. The van der Waals surface area contributed by atoms with E-state index in [-0.39, 0.29) is 0 Å². The maximum atomic E-state index is 5.80. The SMILES string of the molecule is NCCN(c1cnnc2ccccc12)C1CCCC1. The van der Waals surface area contributed by atoms with E-state index in [0.29, 0.717) is 12.6 Å². The van der Waals surface area contributed by atoms with Gasteiger partial charge in [0.25, 0.3) is 0 Å². The number of hydrogen-bond donors (Lipinski definition) is 1. The second-order valence-electron chi connectivity index (χ2n) is 5.17. The Morgan fingerprint density at radius 3 is 2.79 bits per heavy atom. The fraction of sp³-hybridized carbons (Fsp3) is 0.467. The predicted molar refractivity (Wildman–Crippen MR) is 78.2 cm³/mol. The molecule has 2 aromatic rings.